The van der Waals surface area contributed by atoms with Crippen LogP contribution in [0, 0.1) is 6.92 Å². The maximum atomic E-state index is 12.5. The molecule has 2 aromatic carbocycles. The summed E-state index contributed by atoms with van der Waals surface area (Å²) in [6, 6.07) is 12.6. The molecule has 2 N–H and O–H groups in total. The average molecular weight is 379 g/mol. The highest BCUT2D eigenvalue weighted by Crippen LogP contribution is 2.20. The van der Waals surface area contributed by atoms with Crippen molar-refractivity contribution in [2.75, 3.05) is 11.9 Å². The van der Waals surface area contributed by atoms with E-state index in [1.54, 1.807) is 18.2 Å². The summed E-state index contributed by atoms with van der Waals surface area (Å²) in [7, 11) is 0. The molecule has 7 nitrogen and oxygen atoms in total. The Labute approximate surface area is 162 Å². The first-order valence-electron chi connectivity index (χ1n) is 9.26. The Morgan fingerprint density at radius 3 is 2.86 bits per heavy atom. The molecule has 0 saturated carbocycles. The van der Waals surface area contributed by atoms with Crippen LogP contribution in [0.3, 0.4) is 0 Å². The first-order chi connectivity index (χ1) is 13.6. The van der Waals surface area contributed by atoms with Crippen LogP contribution in [0.5, 0.6) is 0 Å². The molecule has 28 heavy (non-hydrogen) atoms. The van der Waals surface area contributed by atoms with Crippen LogP contribution in [-0.4, -0.2) is 29.5 Å². The van der Waals surface area contributed by atoms with Gasteiger partial charge in [0.25, 0.3) is 11.8 Å². The monoisotopic (exact) mass is 379 g/mol. The number of nitrogens with one attached hydrogen (secondary N) is 2. The number of rotatable bonds is 5. The van der Waals surface area contributed by atoms with Crippen LogP contribution in [-0.2, 0) is 16.1 Å². The molecule has 1 aromatic heterocycles. The van der Waals surface area contributed by atoms with Gasteiger partial charge in [-0.2, -0.15) is 0 Å². The number of hydrogen-bond donors (Lipinski definition) is 2. The van der Waals surface area contributed by atoms with Crippen LogP contribution in [0.25, 0.3) is 11.1 Å². The number of para-hydroxylation sites is 2. The molecule has 1 saturated heterocycles. The van der Waals surface area contributed by atoms with Crippen molar-refractivity contribution in [3.63, 3.8) is 0 Å². The van der Waals surface area contributed by atoms with Gasteiger partial charge in [-0.1, -0.05) is 18.2 Å². The van der Waals surface area contributed by atoms with Crippen molar-refractivity contribution in [3.05, 3.63) is 59.5 Å². The molecule has 3 aromatic rings. The standard InChI is InChI=1S/C21H21N3O4/c1-13-8-9-14(11-16(13)24-21(26)18-7-4-10-27-18)20(25)22-12-19-23-15-5-2-3-6-17(15)28-19/h2-3,5-6,8-9,11,18H,4,7,10,12H2,1H3,(H,22,25)(H,24,26). The van der Waals surface area contributed by atoms with Crippen LogP contribution < -0.4 is 10.6 Å². The summed E-state index contributed by atoms with van der Waals surface area (Å²) in [5, 5.41) is 5.66. The van der Waals surface area contributed by atoms with Crippen molar-refractivity contribution in [3.8, 4) is 0 Å². The number of amides is 2. The van der Waals surface area contributed by atoms with E-state index in [0.717, 1.165) is 23.9 Å². The van der Waals surface area contributed by atoms with E-state index < -0.39 is 6.10 Å². The Bertz CT molecular complexity index is 988. The number of anilines is 1. The van der Waals surface area contributed by atoms with E-state index in [1.165, 1.54) is 0 Å². The first kappa shape index (κ1) is 18.2. The number of nitrogens with zero attached hydrogens (tertiary/aromatic N) is 1. The minimum atomic E-state index is -0.420. The predicted molar refractivity (Wildman–Crippen MR) is 104 cm³/mol. The van der Waals surface area contributed by atoms with Gasteiger partial charge < -0.3 is 19.8 Å². The van der Waals surface area contributed by atoms with Gasteiger partial charge in [0.1, 0.15) is 11.6 Å². The normalized spacial score (nSPS) is 16.2. The molecule has 1 atom stereocenters. The molecule has 1 fully saturated rings. The highest BCUT2D eigenvalue weighted by molar-refractivity contribution is 5.99. The van der Waals surface area contributed by atoms with E-state index >= 15 is 0 Å². The Kier molecular flexibility index (Phi) is 5.08. The van der Waals surface area contributed by atoms with E-state index in [9.17, 15) is 9.59 Å². The molecule has 0 spiro atoms. The molecule has 144 valence electrons. The number of fused-ring (bicyclic) bond motifs is 1. The molecule has 0 radical (unpaired) electrons. The maximum absolute atomic E-state index is 12.5. The minimum Gasteiger partial charge on any atom is -0.439 e. The molecule has 0 aliphatic carbocycles. The summed E-state index contributed by atoms with van der Waals surface area (Å²) in [5.74, 6) is -0.00641. The summed E-state index contributed by atoms with van der Waals surface area (Å²) < 4.78 is 11.0. The molecule has 1 unspecified atom stereocenters. The van der Waals surface area contributed by atoms with Gasteiger partial charge in [-0.05, 0) is 49.6 Å². The lowest BCUT2D eigenvalue weighted by Gasteiger charge is -2.13. The Hall–Kier alpha value is -3.19. The molecule has 7 heteroatoms. The van der Waals surface area contributed by atoms with E-state index in [-0.39, 0.29) is 18.4 Å². The van der Waals surface area contributed by atoms with Gasteiger partial charge in [0.2, 0.25) is 5.89 Å². The number of benzene rings is 2. The van der Waals surface area contributed by atoms with Crippen molar-refractivity contribution >= 4 is 28.6 Å². The molecule has 4 rings (SSSR count). The topological polar surface area (TPSA) is 93.5 Å². The van der Waals surface area contributed by atoms with Gasteiger partial charge in [-0.3, -0.25) is 9.59 Å². The second-order valence-corrected chi connectivity index (χ2v) is 6.78. The third-order valence-corrected chi connectivity index (χ3v) is 4.72. The van der Waals surface area contributed by atoms with Gasteiger partial charge >= 0.3 is 0 Å². The molecule has 1 aliphatic heterocycles. The first-order valence-corrected chi connectivity index (χ1v) is 9.26. The summed E-state index contributed by atoms with van der Waals surface area (Å²) in [6.07, 6.45) is 1.18. The second-order valence-electron chi connectivity index (χ2n) is 6.78. The average Bonchev–Trinajstić information content (AvgIpc) is 3.37. The van der Waals surface area contributed by atoms with Crippen LogP contribution in [0.1, 0.15) is 34.7 Å². The van der Waals surface area contributed by atoms with Gasteiger partial charge in [0.05, 0.1) is 6.54 Å². The van der Waals surface area contributed by atoms with E-state index in [2.05, 4.69) is 15.6 Å². The Morgan fingerprint density at radius 1 is 1.21 bits per heavy atom. The zero-order chi connectivity index (χ0) is 19.5. The summed E-state index contributed by atoms with van der Waals surface area (Å²) >= 11 is 0. The molecule has 2 heterocycles. The van der Waals surface area contributed by atoms with Crippen molar-refractivity contribution < 1.29 is 18.7 Å². The van der Waals surface area contributed by atoms with Crippen molar-refractivity contribution in [2.24, 2.45) is 0 Å². The summed E-state index contributed by atoms with van der Waals surface area (Å²) in [5.41, 5.74) is 3.36. The molecule has 0 bridgehead atoms. The van der Waals surface area contributed by atoms with E-state index in [0.29, 0.717) is 29.3 Å². The van der Waals surface area contributed by atoms with Crippen molar-refractivity contribution in [2.45, 2.75) is 32.4 Å². The van der Waals surface area contributed by atoms with Gasteiger partial charge in [0.15, 0.2) is 5.58 Å². The number of aryl methyl sites for hydroxylation is 1. The fourth-order valence-electron chi connectivity index (χ4n) is 3.15. The van der Waals surface area contributed by atoms with Crippen molar-refractivity contribution in [1.29, 1.82) is 0 Å². The predicted octanol–water partition coefficient (Wildman–Crippen LogP) is 3.18. The quantitative estimate of drug-likeness (QED) is 0.710. The lowest BCUT2D eigenvalue weighted by molar-refractivity contribution is -0.124. The fraction of sp³-hybridized carbons (Fsp3) is 0.286. The SMILES string of the molecule is Cc1ccc(C(=O)NCc2nc3ccccc3o2)cc1NC(=O)C1CCCO1. The number of aromatic nitrogens is 1. The lowest BCUT2D eigenvalue weighted by Crippen LogP contribution is -2.27. The Balaban J connectivity index is 1.42. The summed E-state index contributed by atoms with van der Waals surface area (Å²) in [4.78, 5) is 29.1. The van der Waals surface area contributed by atoms with Crippen LogP contribution in [0.15, 0.2) is 46.9 Å². The van der Waals surface area contributed by atoms with E-state index in [4.69, 9.17) is 9.15 Å². The number of carbonyl (C=O) groups excluding carboxylic acids is 2. The lowest BCUT2D eigenvalue weighted by atomic mass is 10.1. The largest absolute Gasteiger partial charge is 0.439 e. The van der Waals surface area contributed by atoms with Gasteiger partial charge in [0, 0.05) is 17.9 Å². The van der Waals surface area contributed by atoms with Crippen LogP contribution in [0.2, 0.25) is 0 Å². The van der Waals surface area contributed by atoms with Crippen LogP contribution in [0.4, 0.5) is 5.69 Å². The zero-order valence-electron chi connectivity index (χ0n) is 15.5. The number of oxazole rings is 1. The number of ether oxygens (including phenoxy) is 1. The smallest absolute Gasteiger partial charge is 0.253 e. The van der Waals surface area contributed by atoms with E-state index in [1.807, 2.05) is 31.2 Å². The molecular weight excluding hydrogens is 358 g/mol. The molecule has 2 amide bonds. The minimum absolute atomic E-state index is 0.176. The number of hydrogen-bond acceptors (Lipinski definition) is 5. The third-order valence-electron chi connectivity index (χ3n) is 4.72. The van der Waals surface area contributed by atoms with Gasteiger partial charge in [-0.15, -0.1) is 0 Å². The molecule has 1 aliphatic rings. The highest BCUT2D eigenvalue weighted by Gasteiger charge is 2.24. The molecular formula is C21H21N3O4. The number of carbonyl (C=O) groups is 2. The zero-order valence-corrected chi connectivity index (χ0v) is 15.5. The highest BCUT2D eigenvalue weighted by atomic mass is 16.5. The van der Waals surface area contributed by atoms with Gasteiger partial charge in [-0.25, -0.2) is 4.98 Å². The Morgan fingerprint density at radius 2 is 2.07 bits per heavy atom. The maximum Gasteiger partial charge on any atom is 0.253 e. The summed E-state index contributed by atoms with van der Waals surface area (Å²) in [6.45, 7) is 2.67. The van der Waals surface area contributed by atoms with Crippen LogP contribution >= 0.6 is 0 Å². The fourth-order valence-corrected chi connectivity index (χ4v) is 3.15. The third kappa shape index (κ3) is 3.89. The second kappa shape index (κ2) is 7.82. The van der Waals surface area contributed by atoms with Crippen molar-refractivity contribution in [1.82, 2.24) is 10.3 Å².